The predicted octanol–water partition coefficient (Wildman–Crippen LogP) is 15.0. The quantitative estimate of drug-likeness (QED) is 0.164. The summed E-state index contributed by atoms with van der Waals surface area (Å²) in [6.45, 7) is 4.74. The number of rotatable bonds is 5. The molecule has 0 spiro atoms. The van der Waals surface area contributed by atoms with Crippen molar-refractivity contribution >= 4 is 49.5 Å². The fourth-order valence-electron chi connectivity index (χ4n) is 11.0. The molecule has 2 nitrogen and oxygen atoms in total. The second-order valence-corrected chi connectivity index (χ2v) is 17.0. The van der Waals surface area contributed by atoms with E-state index in [1.165, 1.54) is 96.4 Å². The third-order valence-corrected chi connectivity index (χ3v) is 13.6. The molecule has 2 bridgehead atoms. The zero-order valence-electron chi connectivity index (χ0n) is 32.3. The minimum atomic E-state index is -0.108. The third kappa shape index (κ3) is 4.80. The summed E-state index contributed by atoms with van der Waals surface area (Å²) in [5.74, 6) is 1.17. The highest BCUT2D eigenvalue weighted by Crippen LogP contribution is 2.59. The number of anilines is 3. The molecule has 9 aromatic rings. The van der Waals surface area contributed by atoms with Crippen molar-refractivity contribution in [2.75, 3.05) is 4.90 Å². The molecule has 3 aliphatic rings. The Hall–Kier alpha value is -6.51. The molecule has 1 heterocycles. The maximum Gasteiger partial charge on any atom is 0.0797 e. The van der Waals surface area contributed by atoms with E-state index >= 15 is 0 Å². The summed E-state index contributed by atoms with van der Waals surface area (Å²) in [5, 5.41) is 6.45. The molecule has 0 amide bonds. The van der Waals surface area contributed by atoms with E-state index in [-0.39, 0.29) is 5.41 Å². The van der Waals surface area contributed by atoms with Crippen LogP contribution in [0.5, 0.6) is 0 Å². The number of pyridine rings is 1. The van der Waals surface area contributed by atoms with Gasteiger partial charge in [-0.3, -0.25) is 0 Å². The van der Waals surface area contributed by atoms with Crippen LogP contribution in [-0.2, 0) is 5.41 Å². The fourth-order valence-corrected chi connectivity index (χ4v) is 11.0. The smallest absolute Gasteiger partial charge is 0.0797 e. The summed E-state index contributed by atoms with van der Waals surface area (Å²) in [6.07, 6.45) is 3.77. The number of hydrogen-bond donors (Lipinski definition) is 0. The van der Waals surface area contributed by atoms with E-state index in [0.717, 1.165) is 22.6 Å². The molecule has 12 rings (SSSR count). The van der Waals surface area contributed by atoms with Crippen LogP contribution in [0.25, 0.3) is 66.0 Å². The van der Waals surface area contributed by atoms with Gasteiger partial charge in [0.1, 0.15) is 0 Å². The zero-order valence-corrected chi connectivity index (χ0v) is 32.3. The van der Waals surface area contributed by atoms with Gasteiger partial charge < -0.3 is 4.90 Å². The highest BCUT2D eigenvalue weighted by Gasteiger charge is 2.41. The van der Waals surface area contributed by atoms with E-state index in [9.17, 15) is 0 Å². The minimum absolute atomic E-state index is 0.108. The Labute approximate surface area is 334 Å². The Morgan fingerprint density at radius 3 is 1.93 bits per heavy atom. The molecule has 3 aliphatic carbocycles. The molecule has 2 atom stereocenters. The molecular weight excluding hydrogens is 689 g/mol. The average Bonchev–Trinajstić information content (AvgIpc) is 3.96. The van der Waals surface area contributed by atoms with Crippen LogP contribution in [0.15, 0.2) is 170 Å². The first-order valence-corrected chi connectivity index (χ1v) is 20.6. The highest BCUT2D eigenvalue weighted by atomic mass is 15.1. The molecule has 8 aromatic carbocycles. The van der Waals surface area contributed by atoms with Crippen LogP contribution >= 0.6 is 0 Å². The first-order valence-electron chi connectivity index (χ1n) is 20.6. The summed E-state index contributed by atoms with van der Waals surface area (Å²) in [5.41, 5.74) is 17.8. The van der Waals surface area contributed by atoms with Gasteiger partial charge in [-0.05, 0) is 128 Å². The van der Waals surface area contributed by atoms with E-state index in [2.05, 4.69) is 189 Å². The first-order chi connectivity index (χ1) is 28.0. The van der Waals surface area contributed by atoms with Crippen LogP contribution in [0.3, 0.4) is 0 Å². The van der Waals surface area contributed by atoms with Crippen molar-refractivity contribution in [3.8, 4) is 33.5 Å². The van der Waals surface area contributed by atoms with Crippen LogP contribution in [0, 0.1) is 0 Å². The van der Waals surface area contributed by atoms with Crippen LogP contribution in [0.1, 0.15) is 67.2 Å². The van der Waals surface area contributed by atoms with Crippen LogP contribution in [0.2, 0.25) is 0 Å². The molecule has 1 aromatic heterocycles. The summed E-state index contributed by atoms with van der Waals surface area (Å²) >= 11 is 0. The maximum atomic E-state index is 5.66. The lowest BCUT2D eigenvalue weighted by Gasteiger charge is -2.29. The molecule has 2 heteroatoms. The first kappa shape index (κ1) is 32.7. The summed E-state index contributed by atoms with van der Waals surface area (Å²) in [6, 6.07) is 63.0. The van der Waals surface area contributed by atoms with Gasteiger partial charge in [0.2, 0.25) is 0 Å². The Kier molecular flexibility index (Phi) is 7.03. The van der Waals surface area contributed by atoms with Crippen LogP contribution < -0.4 is 4.90 Å². The second kappa shape index (κ2) is 12.2. The number of hydrogen-bond acceptors (Lipinski definition) is 2. The van der Waals surface area contributed by atoms with E-state index in [1.54, 1.807) is 5.56 Å². The van der Waals surface area contributed by atoms with Crippen molar-refractivity contribution in [1.29, 1.82) is 0 Å². The second-order valence-electron chi connectivity index (χ2n) is 17.0. The van der Waals surface area contributed by atoms with Crippen molar-refractivity contribution < 1.29 is 0 Å². The van der Waals surface area contributed by atoms with Gasteiger partial charge in [-0.15, -0.1) is 0 Å². The molecule has 57 heavy (non-hydrogen) atoms. The Bertz CT molecular complexity index is 3090. The van der Waals surface area contributed by atoms with Gasteiger partial charge in [-0.25, -0.2) is 4.98 Å². The topological polar surface area (TPSA) is 16.1 Å². The van der Waals surface area contributed by atoms with Gasteiger partial charge in [-0.2, -0.15) is 0 Å². The maximum absolute atomic E-state index is 5.66. The summed E-state index contributed by atoms with van der Waals surface area (Å²) < 4.78 is 0. The van der Waals surface area contributed by atoms with Gasteiger partial charge in [0.25, 0.3) is 0 Å². The fraction of sp³-hybridized carbons (Fsp3) is 0.145. The number of aromatic nitrogens is 1. The predicted molar refractivity (Wildman–Crippen MR) is 239 cm³/mol. The van der Waals surface area contributed by atoms with Gasteiger partial charge >= 0.3 is 0 Å². The largest absolute Gasteiger partial charge is 0.310 e. The highest BCUT2D eigenvalue weighted by molar-refractivity contribution is 6.26. The molecule has 0 saturated heterocycles. The Balaban J connectivity index is 1.12. The number of nitrogens with zero attached hydrogens (tertiary/aromatic N) is 2. The normalized spacial score (nSPS) is 17.2. The summed E-state index contributed by atoms with van der Waals surface area (Å²) in [4.78, 5) is 8.14. The Morgan fingerprint density at radius 1 is 0.474 bits per heavy atom. The van der Waals surface area contributed by atoms with Gasteiger partial charge in [0, 0.05) is 38.8 Å². The van der Waals surface area contributed by atoms with E-state index in [4.69, 9.17) is 4.98 Å². The van der Waals surface area contributed by atoms with Crippen LogP contribution in [-0.4, -0.2) is 4.98 Å². The molecule has 0 radical (unpaired) electrons. The molecule has 0 aliphatic heterocycles. The lowest BCUT2D eigenvalue weighted by molar-refractivity contribution is 0.660. The SMILES string of the molecule is CC1(C)c2ccccc2-c2ccc(N(c3cccc(-c4ccccc4)c3)c3ccc4c(c3)c3ccccc3c3nc(-c5ccccc5)c5c(c43)C3CCC5C3)cc21. The zero-order chi connectivity index (χ0) is 37.8. The van der Waals surface area contributed by atoms with Crippen molar-refractivity contribution in [2.45, 2.75) is 50.4 Å². The van der Waals surface area contributed by atoms with Crippen molar-refractivity contribution in [3.63, 3.8) is 0 Å². The summed E-state index contributed by atoms with van der Waals surface area (Å²) in [7, 11) is 0. The molecule has 0 N–H and O–H groups in total. The Morgan fingerprint density at radius 2 is 1.11 bits per heavy atom. The van der Waals surface area contributed by atoms with Crippen LogP contribution in [0.4, 0.5) is 17.1 Å². The van der Waals surface area contributed by atoms with Crippen molar-refractivity contribution in [1.82, 2.24) is 4.98 Å². The standard InChI is InChI=1S/C55H42N2/c1-55(2)48-23-12-11-21-43(48)44-28-26-41(33-49(44)55)57(39-19-13-18-36(31-39)34-14-5-3-6-15-34)40-27-29-45-47(32-40)42-20-9-10-22-46(42)54-52(45)50-37-24-25-38(30-37)51(50)53(56-54)35-16-7-4-8-17-35/h3-23,26-29,31-33,37-38H,24-25,30H2,1-2H3. The average molecular weight is 731 g/mol. The monoisotopic (exact) mass is 730 g/mol. The van der Waals surface area contributed by atoms with Gasteiger partial charge in [0.05, 0.1) is 11.2 Å². The van der Waals surface area contributed by atoms with E-state index in [1.807, 2.05) is 0 Å². The van der Waals surface area contributed by atoms with Gasteiger partial charge in [0.15, 0.2) is 0 Å². The molecule has 1 saturated carbocycles. The third-order valence-electron chi connectivity index (χ3n) is 13.6. The van der Waals surface area contributed by atoms with Gasteiger partial charge in [-0.1, -0.05) is 147 Å². The lowest BCUT2D eigenvalue weighted by atomic mass is 9.82. The minimum Gasteiger partial charge on any atom is -0.310 e. The molecule has 272 valence electrons. The van der Waals surface area contributed by atoms with E-state index < -0.39 is 0 Å². The molecular formula is C55H42N2. The number of benzene rings is 8. The molecule has 2 unspecified atom stereocenters. The molecule has 1 fully saturated rings. The van der Waals surface area contributed by atoms with Crippen molar-refractivity contribution in [3.05, 3.63) is 192 Å². The van der Waals surface area contributed by atoms with Crippen molar-refractivity contribution in [2.24, 2.45) is 0 Å². The lowest BCUT2D eigenvalue weighted by Crippen LogP contribution is -2.16. The number of fused-ring (bicyclic) bond motifs is 15. The van der Waals surface area contributed by atoms with E-state index in [0.29, 0.717) is 11.8 Å².